The summed E-state index contributed by atoms with van der Waals surface area (Å²) in [4.78, 5) is 7.82. The second-order valence-electron chi connectivity index (χ2n) is 7.49. The van der Waals surface area contributed by atoms with E-state index in [2.05, 4.69) is 26.9 Å². The molecule has 2 N–H and O–H groups in total. The lowest BCUT2D eigenvalue weighted by Crippen LogP contribution is -2.44. The van der Waals surface area contributed by atoms with Crippen molar-refractivity contribution < 1.29 is 8.78 Å². The number of nitrogens with zero attached hydrogens (tertiary/aromatic N) is 5. The third-order valence-electron chi connectivity index (χ3n) is 5.35. The van der Waals surface area contributed by atoms with E-state index in [-0.39, 0.29) is 30.0 Å². The van der Waals surface area contributed by atoms with Gasteiger partial charge in [-0.05, 0) is 36.9 Å². The van der Waals surface area contributed by atoms with Gasteiger partial charge in [-0.15, -0.1) is 45.5 Å². The molecule has 0 aliphatic carbocycles. The maximum absolute atomic E-state index is 14.2. The van der Waals surface area contributed by atoms with Crippen LogP contribution in [-0.2, 0) is 20.1 Å². The number of guanidine groups is 1. The number of hydrogen-bond donors (Lipinski definition) is 2. The van der Waals surface area contributed by atoms with Crippen molar-refractivity contribution >= 4 is 47.0 Å². The molecule has 2 aromatic heterocycles. The number of aromatic nitrogens is 3. The van der Waals surface area contributed by atoms with Crippen LogP contribution < -0.4 is 15.5 Å². The molecule has 1 saturated heterocycles. The van der Waals surface area contributed by atoms with E-state index in [1.807, 2.05) is 34.9 Å². The molecular formula is C21H26F2IN7S. The van der Waals surface area contributed by atoms with Crippen LogP contribution in [0, 0.1) is 18.6 Å². The van der Waals surface area contributed by atoms with Gasteiger partial charge in [0.05, 0.1) is 12.2 Å². The smallest absolute Gasteiger partial charge is 0.192 e. The average molecular weight is 573 g/mol. The summed E-state index contributed by atoms with van der Waals surface area (Å²) in [5, 5.41) is 17.1. The number of halogens is 3. The molecule has 0 amide bonds. The highest BCUT2D eigenvalue weighted by molar-refractivity contribution is 14.0. The van der Waals surface area contributed by atoms with Gasteiger partial charge < -0.3 is 20.1 Å². The van der Waals surface area contributed by atoms with Gasteiger partial charge in [-0.1, -0.05) is 6.07 Å². The van der Waals surface area contributed by atoms with E-state index >= 15 is 0 Å². The molecule has 1 fully saturated rings. The maximum Gasteiger partial charge on any atom is 0.192 e. The molecule has 172 valence electrons. The molecule has 7 nitrogen and oxygen atoms in total. The molecule has 0 spiro atoms. The quantitative estimate of drug-likeness (QED) is 0.268. The first-order valence-electron chi connectivity index (χ1n) is 10.1. The van der Waals surface area contributed by atoms with Crippen LogP contribution in [0.1, 0.15) is 22.9 Å². The van der Waals surface area contributed by atoms with Crippen molar-refractivity contribution in [2.75, 3.05) is 18.0 Å². The van der Waals surface area contributed by atoms with Gasteiger partial charge in [-0.25, -0.2) is 13.8 Å². The van der Waals surface area contributed by atoms with Gasteiger partial charge in [0.25, 0.3) is 0 Å². The van der Waals surface area contributed by atoms with E-state index in [1.54, 1.807) is 11.3 Å². The Kier molecular flexibility index (Phi) is 8.40. The van der Waals surface area contributed by atoms with Crippen molar-refractivity contribution in [3.63, 3.8) is 0 Å². The molecule has 0 saturated carbocycles. The summed E-state index contributed by atoms with van der Waals surface area (Å²) < 4.78 is 29.3. The lowest BCUT2D eigenvalue weighted by molar-refractivity contribution is 0.580. The number of rotatable bonds is 6. The molecule has 11 heteroatoms. The van der Waals surface area contributed by atoms with E-state index < -0.39 is 11.6 Å². The summed E-state index contributed by atoms with van der Waals surface area (Å²) in [6.45, 7) is 4.23. The number of benzene rings is 1. The molecule has 32 heavy (non-hydrogen) atoms. The largest absolute Gasteiger partial charge is 0.367 e. The van der Waals surface area contributed by atoms with Gasteiger partial charge in [-0.2, -0.15) is 0 Å². The first kappa shape index (κ1) is 24.4. The van der Waals surface area contributed by atoms with Crippen LogP contribution in [0.15, 0.2) is 40.7 Å². The third-order valence-corrected chi connectivity index (χ3v) is 6.23. The monoisotopic (exact) mass is 573 g/mol. The lowest BCUT2D eigenvalue weighted by atomic mass is 10.2. The minimum atomic E-state index is -0.568. The predicted octanol–water partition coefficient (Wildman–Crippen LogP) is 3.60. The summed E-state index contributed by atoms with van der Waals surface area (Å²) in [5.41, 5.74) is 0.422. The Balaban J connectivity index is 0.00000289. The van der Waals surface area contributed by atoms with Gasteiger partial charge in [0, 0.05) is 37.1 Å². The second-order valence-corrected chi connectivity index (χ2v) is 8.52. The summed E-state index contributed by atoms with van der Waals surface area (Å²) >= 11 is 1.68. The first-order chi connectivity index (χ1) is 15.0. The third kappa shape index (κ3) is 5.94. The molecule has 1 unspecified atom stereocenters. The Labute approximate surface area is 207 Å². The van der Waals surface area contributed by atoms with Gasteiger partial charge in [-0.3, -0.25) is 0 Å². The molecule has 0 radical (unpaired) electrons. The molecule has 3 aromatic rings. The highest BCUT2D eigenvalue weighted by Gasteiger charge is 2.25. The number of anilines is 1. The van der Waals surface area contributed by atoms with E-state index in [9.17, 15) is 8.78 Å². The number of hydrogen-bond acceptors (Lipinski definition) is 5. The Morgan fingerprint density at radius 1 is 1.28 bits per heavy atom. The first-order valence-corrected chi connectivity index (χ1v) is 11.0. The highest BCUT2D eigenvalue weighted by Crippen LogP contribution is 2.24. The fraction of sp³-hybridized carbons (Fsp3) is 0.381. The van der Waals surface area contributed by atoms with Crippen molar-refractivity contribution in [2.24, 2.45) is 12.0 Å². The van der Waals surface area contributed by atoms with Crippen molar-refractivity contribution in [2.45, 2.75) is 32.5 Å². The number of nitrogens with one attached hydrogen (secondary N) is 2. The van der Waals surface area contributed by atoms with Crippen LogP contribution in [0.2, 0.25) is 0 Å². The van der Waals surface area contributed by atoms with E-state index in [1.165, 1.54) is 17.0 Å². The average Bonchev–Trinajstić information content (AvgIpc) is 3.48. The minimum Gasteiger partial charge on any atom is -0.367 e. The Bertz CT molecular complexity index is 1050. The van der Waals surface area contributed by atoms with Crippen molar-refractivity contribution in [3.05, 3.63) is 63.9 Å². The van der Waals surface area contributed by atoms with Crippen LogP contribution >= 0.6 is 35.3 Å². The molecule has 4 rings (SSSR count). The summed E-state index contributed by atoms with van der Waals surface area (Å²) in [7, 11) is 1.92. The topological polar surface area (TPSA) is 70.4 Å². The molecule has 1 aromatic carbocycles. The van der Waals surface area contributed by atoms with Crippen molar-refractivity contribution in [3.8, 4) is 0 Å². The van der Waals surface area contributed by atoms with Crippen LogP contribution in [0.4, 0.5) is 14.5 Å². The number of aryl methyl sites for hydroxylation is 1. The Morgan fingerprint density at radius 2 is 2.12 bits per heavy atom. The van der Waals surface area contributed by atoms with E-state index in [0.717, 1.165) is 24.1 Å². The highest BCUT2D eigenvalue weighted by atomic mass is 127. The van der Waals surface area contributed by atoms with Crippen LogP contribution in [-0.4, -0.2) is 39.9 Å². The second kappa shape index (κ2) is 11.0. The van der Waals surface area contributed by atoms with Crippen molar-refractivity contribution in [1.82, 2.24) is 25.4 Å². The maximum atomic E-state index is 14.2. The normalized spacial score (nSPS) is 16.2. The zero-order valence-electron chi connectivity index (χ0n) is 17.9. The Hall–Kier alpha value is -2.28. The van der Waals surface area contributed by atoms with E-state index in [4.69, 9.17) is 4.99 Å². The minimum absolute atomic E-state index is 0. The summed E-state index contributed by atoms with van der Waals surface area (Å²) in [6, 6.07) is 7.87. The molecular weight excluding hydrogens is 547 g/mol. The molecule has 3 heterocycles. The van der Waals surface area contributed by atoms with Crippen LogP contribution in [0.25, 0.3) is 0 Å². The standard InChI is InChI=1S/C21H25F2N7S.HI/c1-14-27-28-20(29(14)2)12-25-21(24-11-17-4-3-9-31-17)26-16-7-8-30(13-16)19-6-5-15(22)10-18(19)23;/h3-6,9-10,16H,7-8,11-13H2,1-2H3,(H2,24,25,26);1H. The van der Waals surface area contributed by atoms with E-state index in [0.29, 0.717) is 37.8 Å². The molecule has 1 aliphatic heterocycles. The van der Waals surface area contributed by atoms with Gasteiger partial charge in [0.1, 0.15) is 24.0 Å². The fourth-order valence-corrected chi connectivity index (χ4v) is 4.15. The van der Waals surface area contributed by atoms with Crippen molar-refractivity contribution in [1.29, 1.82) is 0 Å². The summed E-state index contributed by atoms with van der Waals surface area (Å²) in [6.07, 6.45) is 0.819. The Morgan fingerprint density at radius 3 is 2.81 bits per heavy atom. The molecule has 0 bridgehead atoms. The summed E-state index contributed by atoms with van der Waals surface area (Å²) in [5.74, 6) is 1.17. The number of thiophene rings is 1. The molecule has 1 atom stereocenters. The molecule has 1 aliphatic rings. The van der Waals surface area contributed by atoms with Crippen LogP contribution in [0.5, 0.6) is 0 Å². The van der Waals surface area contributed by atoms with Gasteiger partial charge >= 0.3 is 0 Å². The SMILES string of the molecule is Cc1nnc(CN=C(NCc2cccs2)NC2CCN(c3ccc(F)cc3F)C2)n1C.I. The zero-order chi connectivity index (χ0) is 21.8. The predicted molar refractivity (Wildman–Crippen MR) is 134 cm³/mol. The fourth-order valence-electron chi connectivity index (χ4n) is 3.50. The zero-order valence-corrected chi connectivity index (χ0v) is 21.0. The van der Waals surface area contributed by atoms with Gasteiger partial charge in [0.15, 0.2) is 11.8 Å². The lowest BCUT2D eigenvalue weighted by Gasteiger charge is -2.21. The van der Waals surface area contributed by atoms with Crippen LogP contribution in [0.3, 0.4) is 0 Å². The number of aliphatic imine (C=N–C) groups is 1. The van der Waals surface area contributed by atoms with Gasteiger partial charge in [0.2, 0.25) is 0 Å².